The van der Waals surface area contributed by atoms with Crippen LogP contribution in [0.15, 0.2) is 24.3 Å². The van der Waals surface area contributed by atoms with Crippen LogP contribution in [0.3, 0.4) is 0 Å². The maximum absolute atomic E-state index is 12.4. The molecule has 0 aromatic heterocycles. The smallest absolute Gasteiger partial charge is 0.244 e. The highest BCUT2D eigenvalue weighted by Crippen LogP contribution is 2.22. The van der Waals surface area contributed by atoms with Crippen molar-refractivity contribution in [1.29, 1.82) is 0 Å². The number of carbonyl (C=O) groups excluding carboxylic acids is 1. The van der Waals surface area contributed by atoms with E-state index in [1.54, 1.807) is 0 Å². The van der Waals surface area contributed by atoms with Gasteiger partial charge < -0.3 is 10.2 Å². The van der Waals surface area contributed by atoms with Crippen LogP contribution in [0.1, 0.15) is 32.3 Å². The normalized spacial score (nSPS) is 20.6. The molecule has 0 spiro atoms. The Morgan fingerprint density at radius 3 is 2.83 bits per heavy atom. The lowest BCUT2D eigenvalue weighted by molar-refractivity contribution is -0.121. The number of rotatable bonds is 3. The molecule has 3 nitrogen and oxygen atoms in total. The molecule has 0 bridgehead atoms. The van der Waals surface area contributed by atoms with Crippen LogP contribution >= 0.6 is 0 Å². The van der Waals surface area contributed by atoms with Gasteiger partial charge in [-0.25, -0.2) is 0 Å². The van der Waals surface area contributed by atoms with E-state index in [9.17, 15) is 4.79 Å². The Kier molecular flexibility index (Phi) is 4.02. The summed E-state index contributed by atoms with van der Waals surface area (Å²) >= 11 is 0. The maximum atomic E-state index is 12.4. The Morgan fingerprint density at radius 2 is 2.17 bits per heavy atom. The summed E-state index contributed by atoms with van der Waals surface area (Å²) in [6, 6.07) is 8.48. The van der Waals surface area contributed by atoms with Gasteiger partial charge in [0, 0.05) is 18.3 Å². The third-order valence-electron chi connectivity index (χ3n) is 3.29. The summed E-state index contributed by atoms with van der Waals surface area (Å²) in [6.45, 7) is 7.05. The second-order valence-electron chi connectivity index (χ2n) is 5.35. The van der Waals surface area contributed by atoms with E-state index in [0.717, 1.165) is 25.1 Å². The average Bonchev–Trinajstić information content (AvgIpc) is 2.31. The first-order valence-electron chi connectivity index (χ1n) is 6.72. The molecule has 0 radical (unpaired) electrons. The van der Waals surface area contributed by atoms with Crippen molar-refractivity contribution in [3.05, 3.63) is 29.8 Å². The van der Waals surface area contributed by atoms with E-state index >= 15 is 0 Å². The first kappa shape index (κ1) is 13.1. The average molecular weight is 246 g/mol. The molecule has 1 N–H and O–H groups in total. The molecule has 1 aromatic carbocycles. The Bertz CT molecular complexity index is 428. The van der Waals surface area contributed by atoms with E-state index in [2.05, 4.69) is 38.2 Å². The molecule has 1 aromatic rings. The highest BCUT2D eigenvalue weighted by atomic mass is 16.2. The zero-order valence-electron chi connectivity index (χ0n) is 11.4. The highest BCUT2D eigenvalue weighted by Gasteiger charge is 2.29. The van der Waals surface area contributed by atoms with Crippen LogP contribution in [0.25, 0.3) is 0 Å². The van der Waals surface area contributed by atoms with E-state index in [1.807, 2.05) is 17.0 Å². The molecular formula is C15H22N2O. The van der Waals surface area contributed by atoms with Crippen molar-refractivity contribution in [3.8, 4) is 0 Å². The zero-order chi connectivity index (χ0) is 13.1. The number of benzene rings is 1. The van der Waals surface area contributed by atoms with Crippen molar-refractivity contribution in [2.75, 3.05) is 11.4 Å². The minimum atomic E-state index is -0.0285. The lowest BCUT2D eigenvalue weighted by Crippen LogP contribution is -2.52. The van der Waals surface area contributed by atoms with Crippen LogP contribution in [-0.4, -0.2) is 24.5 Å². The largest absolute Gasteiger partial charge is 0.311 e. The van der Waals surface area contributed by atoms with Gasteiger partial charge >= 0.3 is 0 Å². The molecule has 1 unspecified atom stereocenters. The van der Waals surface area contributed by atoms with Gasteiger partial charge in [0.1, 0.15) is 0 Å². The van der Waals surface area contributed by atoms with E-state index in [1.165, 1.54) is 5.56 Å². The summed E-state index contributed by atoms with van der Waals surface area (Å²) in [5.41, 5.74) is 2.22. The molecule has 1 aliphatic rings. The predicted molar refractivity (Wildman–Crippen MR) is 74.8 cm³/mol. The number of amides is 1. The van der Waals surface area contributed by atoms with Gasteiger partial charge in [0.05, 0.1) is 6.04 Å². The number of hydrogen-bond acceptors (Lipinski definition) is 2. The Balaban J connectivity index is 2.16. The quantitative estimate of drug-likeness (QED) is 0.888. The second-order valence-corrected chi connectivity index (χ2v) is 5.35. The number of piperidine rings is 1. The fraction of sp³-hybridized carbons (Fsp3) is 0.533. The van der Waals surface area contributed by atoms with Crippen LogP contribution in [-0.2, 0) is 4.79 Å². The van der Waals surface area contributed by atoms with Gasteiger partial charge in [-0.05, 0) is 37.5 Å². The molecular weight excluding hydrogens is 224 g/mol. The Labute approximate surface area is 109 Å². The molecule has 0 aliphatic carbocycles. The van der Waals surface area contributed by atoms with Crippen molar-refractivity contribution in [3.63, 3.8) is 0 Å². The third-order valence-corrected chi connectivity index (χ3v) is 3.29. The highest BCUT2D eigenvalue weighted by molar-refractivity contribution is 5.98. The minimum Gasteiger partial charge on any atom is -0.311 e. The van der Waals surface area contributed by atoms with Crippen molar-refractivity contribution >= 4 is 11.6 Å². The van der Waals surface area contributed by atoms with Crippen LogP contribution < -0.4 is 10.2 Å². The third kappa shape index (κ3) is 2.91. The van der Waals surface area contributed by atoms with Crippen molar-refractivity contribution in [2.45, 2.75) is 45.7 Å². The van der Waals surface area contributed by atoms with Crippen LogP contribution in [0, 0.1) is 6.92 Å². The number of anilines is 1. The fourth-order valence-electron chi connectivity index (χ4n) is 2.48. The van der Waals surface area contributed by atoms with E-state index in [-0.39, 0.29) is 11.9 Å². The van der Waals surface area contributed by atoms with E-state index in [0.29, 0.717) is 6.04 Å². The van der Waals surface area contributed by atoms with Crippen LogP contribution in [0.5, 0.6) is 0 Å². The fourth-order valence-corrected chi connectivity index (χ4v) is 2.48. The molecule has 1 heterocycles. The molecule has 2 rings (SSSR count). The number of hydrogen-bond donors (Lipinski definition) is 1. The second kappa shape index (κ2) is 5.53. The molecule has 1 aliphatic heterocycles. The molecule has 1 saturated heterocycles. The molecule has 1 atom stereocenters. The SMILES string of the molecule is Cc1cccc(N2CCCC(NC(C)C)C2=O)c1. The van der Waals surface area contributed by atoms with Crippen molar-refractivity contribution < 1.29 is 4.79 Å². The first-order valence-corrected chi connectivity index (χ1v) is 6.72. The summed E-state index contributed by atoms with van der Waals surface area (Å²) in [5.74, 6) is 0.209. The molecule has 18 heavy (non-hydrogen) atoms. The van der Waals surface area contributed by atoms with Gasteiger partial charge in [-0.3, -0.25) is 4.79 Å². The lowest BCUT2D eigenvalue weighted by Gasteiger charge is -2.33. The van der Waals surface area contributed by atoms with Crippen LogP contribution in [0.2, 0.25) is 0 Å². The minimum absolute atomic E-state index is 0.0285. The van der Waals surface area contributed by atoms with Gasteiger partial charge in [-0.15, -0.1) is 0 Å². The molecule has 1 amide bonds. The Hall–Kier alpha value is -1.35. The lowest BCUT2D eigenvalue weighted by atomic mass is 10.0. The van der Waals surface area contributed by atoms with Crippen molar-refractivity contribution in [1.82, 2.24) is 5.32 Å². The monoisotopic (exact) mass is 246 g/mol. The predicted octanol–water partition coefficient (Wildman–Crippen LogP) is 2.49. The van der Waals surface area contributed by atoms with Gasteiger partial charge in [0.2, 0.25) is 5.91 Å². The van der Waals surface area contributed by atoms with Gasteiger partial charge in [0.15, 0.2) is 0 Å². The summed E-state index contributed by atoms with van der Waals surface area (Å²) in [4.78, 5) is 14.3. The number of nitrogens with one attached hydrogen (secondary N) is 1. The molecule has 98 valence electrons. The molecule has 3 heteroatoms. The van der Waals surface area contributed by atoms with Crippen molar-refractivity contribution in [2.24, 2.45) is 0 Å². The summed E-state index contributed by atoms with van der Waals surface area (Å²) in [6.07, 6.45) is 2.00. The number of nitrogens with zero attached hydrogens (tertiary/aromatic N) is 1. The Morgan fingerprint density at radius 1 is 1.39 bits per heavy atom. The molecule has 0 saturated carbocycles. The topological polar surface area (TPSA) is 32.3 Å². The van der Waals surface area contributed by atoms with Gasteiger partial charge in [0.25, 0.3) is 0 Å². The van der Waals surface area contributed by atoms with E-state index < -0.39 is 0 Å². The van der Waals surface area contributed by atoms with Gasteiger partial charge in [-0.1, -0.05) is 26.0 Å². The summed E-state index contributed by atoms with van der Waals surface area (Å²) < 4.78 is 0. The number of aryl methyl sites for hydroxylation is 1. The molecule has 1 fully saturated rings. The zero-order valence-corrected chi connectivity index (χ0v) is 11.4. The standard InChI is InChI=1S/C15H22N2O/c1-11(2)16-14-8-5-9-17(15(14)18)13-7-4-6-12(3)10-13/h4,6-7,10-11,14,16H,5,8-9H2,1-3H3. The first-order chi connectivity index (χ1) is 8.58. The van der Waals surface area contributed by atoms with Gasteiger partial charge in [-0.2, -0.15) is 0 Å². The summed E-state index contributed by atoms with van der Waals surface area (Å²) in [7, 11) is 0. The summed E-state index contributed by atoms with van der Waals surface area (Å²) in [5, 5.41) is 3.35. The number of carbonyl (C=O) groups is 1. The van der Waals surface area contributed by atoms with Crippen LogP contribution in [0.4, 0.5) is 5.69 Å². The maximum Gasteiger partial charge on any atom is 0.244 e. The van der Waals surface area contributed by atoms with E-state index in [4.69, 9.17) is 0 Å².